The van der Waals surface area contributed by atoms with E-state index in [-0.39, 0.29) is 29.1 Å². The van der Waals surface area contributed by atoms with Crippen LogP contribution in [0.5, 0.6) is 5.75 Å². The zero-order valence-corrected chi connectivity index (χ0v) is 20.3. The molecule has 2 aliphatic rings. The summed E-state index contributed by atoms with van der Waals surface area (Å²) in [6, 6.07) is 1.40. The van der Waals surface area contributed by atoms with E-state index in [0.717, 1.165) is 5.56 Å². The highest BCUT2D eigenvalue weighted by molar-refractivity contribution is 6.31. The second-order valence-corrected chi connectivity index (χ2v) is 9.58. The van der Waals surface area contributed by atoms with Gasteiger partial charge in [-0.3, -0.25) is 9.69 Å². The number of hydrogen-bond acceptors (Lipinski definition) is 7. The van der Waals surface area contributed by atoms with Crippen molar-refractivity contribution in [1.82, 2.24) is 29.5 Å². The van der Waals surface area contributed by atoms with Crippen LogP contribution in [0.3, 0.4) is 0 Å². The van der Waals surface area contributed by atoms with Crippen LogP contribution in [0.2, 0.25) is 5.02 Å². The molecule has 9 nitrogen and oxygen atoms in total. The Balaban J connectivity index is 1.56. The molecule has 3 aromatic rings. The van der Waals surface area contributed by atoms with Gasteiger partial charge in [-0.15, -0.1) is 0 Å². The number of nitrogens with two attached hydrogens (primary N) is 1. The average molecular weight is 488 g/mol. The van der Waals surface area contributed by atoms with E-state index in [1.165, 1.54) is 6.33 Å². The summed E-state index contributed by atoms with van der Waals surface area (Å²) in [6.45, 7) is 9.53. The van der Waals surface area contributed by atoms with Crippen LogP contribution in [0.15, 0.2) is 12.4 Å². The SMILES string of the molecule is CC(=O)N1CC(N2Cc3c(F)c(Cl)cc([C@@H](C)n4nc(C)c5c(N)ncnc54)c3OC(C)C2)C1. The number of aromatic nitrogens is 4. The Bertz CT molecular complexity index is 1290. The minimum atomic E-state index is -0.484. The summed E-state index contributed by atoms with van der Waals surface area (Å²) in [4.78, 5) is 24.1. The number of fused-ring (bicyclic) bond motifs is 2. The number of nitrogen functional groups attached to an aromatic ring is 1. The summed E-state index contributed by atoms with van der Waals surface area (Å²) in [6.07, 6.45) is 1.22. The van der Waals surface area contributed by atoms with E-state index in [4.69, 9.17) is 22.1 Å². The van der Waals surface area contributed by atoms with Crippen LogP contribution in [0.25, 0.3) is 11.0 Å². The van der Waals surface area contributed by atoms with E-state index in [1.54, 1.807) is 22.6 Å². The molecule has 180 valence electrons. The lowest BCUT2D eigenvalue weighted by Crippen LogP contribution is -2.61. The Labute approximate surface area is 201 Å². The highest BCUT2D eigenvalue weighted by Crippen LogP contribution is 2.41. The molecule has 2 atom stereocenters. The molecule has 1 aromatic carbocycles. The Kier molecular flexibility index (Phi) is 5.60. The summed E-state index contributed by atoms with van der Waals surface area (Å²) in [5.41, 5.74) is 8.50. The van der Waals surface area contributed by atoms with E-state index in [9.17, 15) is 4.79 Å². The van der Waals surface area contributed by atoms with Gasteiger partial charge in [-0.1, -0.05) is 11.6 Å². The van der Waals surface area contributed by atoms with Gasteiger partial charge < -0.3 is 15.4 Å². The molecular weight excluding hydrogens is 461 g/mol. The average Bonchev–Trinajstić information content (AvgIpc) is 2.98. The van der Waals surface area contributed by atoms with Gasteiger partial charge in [-0.05, 0) is 26.8 Å². The van der Waals surface area contributed by atoms with Crippen LogP contribution in [-0.2, 0) is 11.3 Å². The molecule has 0 saturated carbocycles. The number of ether oxygens (including phenoxy) is 1. The van der Waals surface area contributed by atoms with E-state index in [0.29, 0.717) is 60.0 Å². The van der Waals surface area contributed by atoms with Crippen LogP contribution in [0.4, 0.5) is 10.2 Å². The Morgan fingerprint density at radius 1 is 1.32 bits per heavy atom. The van der Waals surface area contributed by atoms with E-state index in [2.05, 4.69) is 20.0 Å². The van der Waals surface area contributed by atoms with Gasteiger partial charge in [0.25, 0.3) is 0 Å². The molecule has 1 fully saturated rings. The fraction of sp³-hybridized carbons (Fsp3) is 0.478. The second-order valence-electron chi connectivity index (χ2n) is 9.17. The molecule has 1 amide bonds. The summed E-state index contributed by atoms with van der Waals surface area (Å²) < 4.78 is 23.4. The zero-order valence-electron chi connectivity index (χ0n) is 19.5. The number of likely N-dealkylation sites (tertiary alicyclic amines) is 1. The van der Waals surface area contributed by atoms with Crippen molar-refractivity contribution < 1.29 is 13.9 Å². The fourth-order valence-electron chi connectivity index (χ4n) is 4.90. The molecule has 0 bridgehead atoms. The largest absolute Gasteiger partial charge is 0.489 e. The molecule has 11 heteroatoms. The van der Waals surface area contributed by atoms with Crippen LogP contribution >= 0.6 is 11.6 Å². The number of anilines is 1. The standard InChI is InChI=1S/C23H27ClFN7O2/c1-11-6-31(15-7-30(8-15)14(4)33)9-17-20(25)18(24)5-16(21(17)34-11)13(3)32-23-19(12(2)29-32)22(26)27-10-28-23/h5,10-11,13,15H,6-9H2,1-4H3,(H2,26,27,28)/t11?,13-/m1/s1. The van der Waals surface area contributed by atoms with Crippen molar-refractivity contribution in [2.24, 2.45) is 0 Å². The van der Waals surface area contributed by atoms with Crippen LogP contribution in [0.1, 0.15) is 43.6 Å². The number of benzene rings is 1. The van der Waals surface area contributed by atoms with Gasteiger partial charge in [0, 0.05) is 50.3 Å². The molecule has 0 spiro atoms. The number of amides is 1. The molecule has 5 rings (SSSR count). The predicted molar refractivity (Wildman–Crippen MR) is 126 cm³/mol. The van der Waals surface area contributed by atoms with E-state index < -0.39 is 5.82 Å². The first-order chi connectivity index (χ1) is 16.2. The van der Waals surface area contributed by atoms with Crippen molar-refractivity contribution in [2.45, 2.75) is 52.4 Å². The molecule has 0 radical (unpaired) electrons. The van der Waals surface area contributed by atoms with Gasteiger partial charge >= 0.3 is 0 Å². The minimum Gasteiger partial charge on any atom is -0.489 e. The topological polar surface area (TPSA) is 102 Å². The Morgan fingerprint density at radius 3 is 2.76 bits per heavy atom. The Morgan fingerprint density at radius 2 is 2.06 bits per heavy atom. The van der Waals surface area contributed by atoms with E-state index >= 15 is 4.39 Å². The quantitative estimate of drug-likeness (QED) is 0.606. The van der Waals surface area contributed by atoms with Crippen molar-refractivity contribution in [3.63, 3.8) is 0 Å². The lowest BCUT2D eigenvalue weighted by molar-refractivity contribution is -0.136. The zero-order chi connectivity index (χ0) is 24.3. The molecule has 2 N–H and O–H groups in total. The number of rotatable bonds is 3. The van der Waals surface area contributed by atoms with Gasteiger partial charge in [0.1, 0.15) is 29.8 Å². The van der Waals surface area contributed by atoms with Gasteiger partial charge in [0.05, 0.1) is 22.1 Å². The highest BCUT2D eigenvalue weighted by atomic mass is 35.5. The van der Waals surface area contributed by atoms with Gasteiger partial charge in [-0.2, -0.15) is 5.10 Å². The smallest absolute Gasteiger partial charge is 0.219 e. The number of hydrogen-bond donors (Lipinski definition) is 1. The number of nitrogens with zero attached hydrogens (tertiary/aromatic N) is 6. The van der Waals surface area contributed by atoms with Crippen molar-refractivity contribution in [3.8, 4) is 5.75 Å². The third-order valence-corrected chi connectivity index (χ3v) is 7.07. The first kappa shape index (κ1) is 22.8. The maximum Gasteiger partial charge on any atom is 0.219 e. The fourth-order valence-corrected chi connectivity index (χ4v) is 5.13. The highest BCUT2D eigenvalue weighted by Gasteiger charge is 2.38. The number of carbonyl (C=O) groups excluding carboxylic acids is 1. The molecule has 34 heavy (non-hydrogen) atoms. The minimum absolute atomic E-state index is 0.0278. The summed E-state index contributed by atoms with van der Waals surface area (Å²) in [7, 11) is 0. The lowest BCUT2D eigenvalue weighted by atomic mass is 10.0. The lowest BCUT2D eigenvalue weighted by Gasteiger charge is -2.45. The van der Waals surface area contributed by atoms with E-state index in [1.807, 2.05) is 20.8 Å². The maximum atomic E-state index is 15.3. The normalized spacial score (nSPS) is 19.9. The predicted octanol–water partition coefficient (Wildman–Crippen LogP) is 2.93. The van der Waals surface area contributed by atoms with Gasteiger partial charge in [0.15, 0.2) is 5.65 Å². The summed E-state index contributed by atoms with van der Waals surface area (Å²) in [5, 5.41) is 5.37. The second kappa shape index (κ2) is 8.35. The van der Waals surface area contributed by atoms with Gasteiger partial charge in [-0.25, -0.2) is 19.0 Å². The van der Waals surface area contributed by atoms with Crippen LogP contribution in [0, 0.1) is 12.7 Å². The first-order valence-electron chi connectivity index (χ1n) is 11.3. The molecule has 2 aromatic heterocycles. The van der Waals surface area contributed by atoms with Crippen molar-refractivity contribution in [3.05, 3.63) is 40.1 Å². The maximum absolute atomic E-state index is 15.3. The van der Waals surface area contributed by atoms with Crippen molar-refractivity contribution in [2.75, 3.05) is 25.4 Å². The molecule has 1 saturated heterocycles. The van der Waals surface area contributed by atoms with Crippen LogP contribution < -0.4 is 10.5 Å². The molecular formula is C23H27ClFN7O2. The molecule has 2 aliphatic heterocycles. The number of aryl methyl sites for hydroxylation is 1. The summed E-state index contributed by atoms with van der Waals surface area (Å²) >= 11 is 6.38. The monoisotopic (exact) mass is 487 g/mol. The van der Waals surface area contributed by atoms with Crippen molar-refractivity contribution in [1.29, 1.82) is 0 Å². The first-order valence-corrected chi connectivity index (χ1v) is 11.7. The van der Waals surface area contributed by atoms with Gasteiger partial charge in [0.2, 0.25) is 5.91 Å². The Hall–Kier alpha value is -2.98. The molecule has 1 unspecified atom stereocenters. The molecule has 0 aliphatic carbocycles. The number of halogens is 2. The van der Waals surface area contributed by atoms with Crippen molar-refractivity contribution >= 4 is 34.4 Å². The van der Waals surface area contributed by atoms with Crippen LogP contribution in [-0.4, -0.2) is 67.2 Å². The number of carbonyl (C=O) groups is 1. The third kappa shape index (κ3) is 3.65. The molecule has 4 heterocycles. The summed E-state index contributed by atoms with van der Waals surface area (Å²) in [5.74, 6) is 0.405. The third-order valence-electron chi connectivity index (χ3n) is 6.80.